The van der Waals surface area contributed by atoms with Crippen molar-refractivity contribution < 1.29 is 19.1 Å². The van der Waals surface area contributed by atoms with E-state index in [0.29, 0.717) is 32.2 Å². The van der Waals surface area contributed by atoms with E-state index in [2.05, 4.69) is 5.32 Å². The number of likely N-dealkylation sites (tertiary alicyclic amines) is 1. The molecule has 0 saturated carbocycles. The minimum absolute atomic E-state index is 0.276. The summed E-state index contributed by atoms with van der Waals surface area (Å²) < 4.78 is 10.6. The van der Waals surface area contributed by atoms with Gasteiger partial charge in [0.05, 0.1) is 0 Å². The van der Waals surface area contributed by atoms with Gasteiger partial charge >= 0.3 is 12.2 Å². The summed E-state index contributed by atoms with van der Waals surface area (Å²) in [5.41, 5.74) is 0.489. The molecule has 0 radical (unpaired) electrons. The average molecular weight is 348 g/mol. The standard InChI is InChI=1S/C19H28N2O4/c1-19(2,3)25-17(22)20-13-15-9-11-21(12-10-15)18(23)24-14-16-7-5-4-6-8-16/h4-8,15H,9-14H2,1-3H3,(H,20,22). The van der Waals surface area contributed by atoms with E-state index in [-0.39, 0.29) is 6.09 Å². The minimum Gasteiger partial charge on any atom is -0.445 e. The van der Waals surface area contributed by atoms with Gasteiger partial charge < -0.3 is 19.7 Å². The van der Waals surface area contributed by atoms with Crippen molar-refractivity contribution in [3.63, 3.8) is 0 Å². The molecule has 0 spiro atoms. The number of nitrogens with one attached hydrogen (secondary N) is 1. The van der Waals surface area contributed by atoms with Crippen LogP contribution in [0.4, 0.5) is 9.59 Å². The quantitative estimate of drug-likeness (QED) is 0.903. The molecule has 2 amide bonds. The molecule has 1 aromatic rings. The highest BCUT2D eigenvalue weighted by Gasteiger charge is 2.24. The molecule has 0 unspecified atom stereocenters. The summed E-state index contributed by atoms with van der Waals surface area (Å²) in [6, 6.07) is 9.64. The molecule has 1 aromatic carbocycles. The summed E-state index contributed by atoms with van der Waals surface area (Å²) >= 11 is 0. The molecule has 6 nitrogen and oxygen atoms in total. The van der Waals surface area contributed by atoms with Crippen molar-refractivity contribution in [3.8, 4) is 0 Å². The molecule has 0 aromatic heterocycles. The van der Waals surface area contributed by atoms with Crippen LogP contribution in [0.3, 0.4) is 0 Å². The second-order valence-electron chi connectivity index (χ2n) is 7.35. The van der Waals surface area contributed by atoms with Crippen molar-refractivity contribution in [1.82, 2.24) is 10.2 Å². The average Bonchev–Trinajstić information content (AvgIpc) is 2.58. The van der Waals surface area contributed by atoms with Crippen molar-refractivity contribution in [2.45, 2.75) is 45.8 Å². The third-order valence-electron chi connectivity index (χ3n) is 4.01. The van der Waals surface area contributed by atoms with E-state index >= 15 is 0 Å². The predicted molar refractivity (Wildman–Crippen MR) is 95.2 cm³/mol. The topological polar surface area (TPSA) is 67.9 Å². The van der Waals surface area contributed by atoms with Crippen molar-refractivity contribution in [3.05, 3.63) is 35.9 Å². The van der Waals surface area contributed by atoms with Crippen molar-refractivity contribution in [2.24, 2.45) is 5.92 Å². The fourth-order valence-electron chi connectivity index (χ4n) is 2.67. The largest absolute Gasteiger partial charge is 0.445 e. The van der Waals surface area contributed by atoms with Gasteiger partial charge in [-0.3, -0.25) is 0 Å². The molecular weight excluding hydrogens is 320 g/mol. The first kappa shape index (κ1) is 19.1. The Balaban J connectivity index is 1.65. The molecule has 1 aliphatic heterocycles. The van der Waals surface area contributed by atoms with Crippen LogP contribution in [0.25, 0.3) is 0 Å². The first-order chi connectivity index (χ1) is 11.8. The van der Waals surface area contributed by atoms with E-state index in [9.17, 15) is 9.59 Å². The summed E-state index contributed by atoms with van der Waals surface area (Å²) in [4.78, 5) is 25.5. The van der Waals surface area contributed by atoms with Crippen LogP contribution in [0.2, 0.25) is 0 Å². The van der Waals surface area contributed by atoms with E-state index in [1.165, 1.54) is 0 Å². The lowest BCUT2D eigenvalue weighted by molar-refractivity contribution is 0.0501. The van der Waals surface area contributed by atoms with Crippen LogP contribution in [0, 0.1) is 5.92 Å². The first-order valence-electron chi connectivity index (χ1n) is 8.76. The first-order valence-corrected chi connectivity index (χ1v) is 8.76. The highest BCUT2D eigenvalue weighted by atomic mass is 16.6. The number of carbonyl (C=O) groups excluding carboxylic acids is 2. The van der Waals surface area contributed by atoms with Gasteiger partial charge in [0.2, 0.25) is 0 Å². The molecule has 0 aliphatic carbocycles. The van der Waals surface area contributed by atoms with Crippen LogP contribution in [-0.2, 0) is 16.1 Å². The van der Waals surface area contributed by atoms with Gasteiger partial charge in [-0.15, -0.1) is 0 Å². The highest BCUT2D eigenvalue weighted by molar-refractivity contribution is 5.68. The summed E-state index contributed by atoms with van der Waals surface area (Å²) in [5, 5.41) is 2.80. The molecule has 138 valence electrons. The number of carbonyl (C=O) groups is 2. The zero-order valence-corrected chi connectivity index (χ0v) is 15.3. The normalized spacial score (nSPS) is 15.6. The number of benzene rings is 1. The number of ether oxygens (including phenoxy) is 2. The summed E-state index contributed by atoms with van der Waals surface area (Å²) in [6.07, 6.45) is 1.02. The van der Waals surface area contributed by atoms with Gasteiger partial charge in [0.1, 0.15) is 12.2 Å². The van der Waals surface area contributed by atoms with Crippen molar-refractivity contribution in [2.75, 3.05) is 19.6 Å². The molecule has 2 rings (SSSR count). The molecule has 1 aliphatic rings. The summed E-state index contributed by atoms with van der Waals surface area (Å²) in [6.45, 7) is 7.68. The Morgan fingerprint density at radius 3 is 2.40 bits per heavy atom. The summed E-state index contributed by atoms with van der Waals surface area (Å²) in [5.74, 6) is 0.352. The lowest BCUT2D eigenvalue weighted by Crippen LogP contribution is -2.42. The van der Waals surface area contributed by atoms with Gasteiger partial charge in [-0.1, -0.05) is 30.3 Å². The number of alkyl carbamates (subject to hydrolysis) is 1. The number of nitrogens with zero attached hydrogens (tertiary/aromatic N) is 1. The maximum atomic E-state index is 12.1. The van der Waals surface area contributed by atoms with Crippen LogP contribution in [0.5, 0.6) is 0 Å². The third-order valence-corrected chi connectivity index (χ3v) is 4.01. The van der Waals surface area contributed by atoms with Gasteiger partial charge in [0, 0.05) is 19.6 Å². The van der Waals surface area contributed by atoms with Gasteiger partial charge in [-0.25, -0.2) is 9.59 Å². The molecular formula is C19H28N2O4. The van der Waals surface area contributed by atoms with E-state index in [1.54, 1.807) is 4.90 Å². The Bertz CT molecular complexity index is 561. The van der Waals surface area contributed by atoms with Gasteiger partial charge in [0.15, 0.2) is 0 Å². The van der Waals surface area contributed by atoms with E-state index < -0.39 is 11.7 Å². The zero-order chi connectivity index (χ0) is 18.3. The number of piperidine rings is 1. The SMILES string of the molecule is CC(C)(C)OC(=O)NCC1CCN(C(=O)OCc2ccccc2)CC1. The Hall–Kier alpha value is -2.24. The van der Waals surface area contributed by atoms with Gasteiger partial charge in [-0.05, 0) is 45.1 Å². The highest BCUT2D eigenvalue weighted by Crippen LogP contribution is 2.18. The Kier molecular flexibility index (Phi) is 6.67. The fraction of sp³-hybridized carbons (Fsp3) is 0.579. The maximum absolute atomic E-state index is 12.1. The second-order valence-corrected chi connectivity index (χ2v) is 7.35. The number of amides is 2. The van der Waals surface area contributed by atoms with E-state index in [0.717, 1.165) is 18.4 Å². The fourth-order valence-corrected chi connectivity index (χ4v) is 2.67. The number of rotatable bonds is 4. The monoisotopic (exact) mass is 348 g/mol. The Morgan fingerprint density at radius 2 is 1.80 bits per heavy atom. The molecule has 0 bridgehead atoms. The Labute approximate surface area is 149 Å². The van der Waals surface area contributed by atoms with Crippen molar-refractivity contribution >= 4 is 12.2 Å². The van der Waals surface area contributed by atoms with E-state index in [4.69, 9.17) is 9.47 Å². The minimum atomic E-state index is -0.490. The molecule has 1 saturated heterocycles. The van der Waals surface area contributed by atoms with Crippen molar-refractivity contribution in [1.29, 1.82) is 0 Å². The molecule has 1 heterocycles. The van der Waals surface area contributed by atoms with E-state index in [1.807, 2.05) is 51.1 Å². The summed E-state index contributed by atoms with van der Waals surface area (Å²) in [7, 11) is 0. The second kappa shape index (κ2) is 8.74. The molecule has 1 fully saturated rings. The molecule has 0 atom stereocenters. The molecule has 25 heavy (non-hydrogen) atoms. The smallest absolute Gasteiger partial charge is 0.410 e. The van der Waals surface area contributed by atoms with Crippen LogP contribution < -0.4 is 5.32 Å². The molecule has 1 N–H and O–H groups in total. The zero-order valence-electron chi connectivity index (χ0n) is 15.3. The predicted octanol–water partition coefficient (Wildman–Crippen LogP) is 3.56. The maximum Gasteiger partial charge on any atom is 0.410 e. The van der Waals surface area contributed by atoms with Crippen LogP contribution in [-0.4, -0.2) is 42.3 Å². The van der Waals surface area contributed by atoms with Crippen LogP contribution in [0.15, 0.2) is 30.3 Å². The Morgan fingerprint density at radius 1 is 1.16 bits per heavy atom. The van der Waals surface area contributed by atoms with Crippen LogP contribution in [0.1, 0.15) is 39.2 Å². The number of hydrogen-bond donors (Lipinski definition) is 1. The lowest BCUT2D eigenvalue weighted by Gasteiger charge is -2.31. The lowest BCUT2D eigenvalue weighted by atomic mass is 9.97. The number of hydrogen-bond acceptors (Lipinski definition) is 4. The van der Waals surface area contributed by atoms with Gasteiger partial charge in [-0.2, -0.15) is 0 Å². The third kappa shape index (κ3) is 7.03. The van der Waals surface area contributed by atoms with Crippen LogP contribution >= 0.6 is 0 Å². The van der Waals surface area contributed by atoms with Gasteiger partial charge in [0.25, 0.3) is 0 Å². The molecule has 6 heteroatoms.